The molecule has 2 aliphatic rings. The molecular weight excluding hydrogens is 216 g/mol. The van der Waals surface area contributed by atoms with Crippen LogP contribution in [0.25, 0.3) is 0 Å². The van der Waals surface area contributed by atoms with Crippen LogP contribution in [0.15, 0.2) is 0 Å². The SMILES string of the molecule is C[C@H]1CN(C(=O)C2CC(=O)C2)CCN1.Cl. The molecular formula is C10H17ClN2O2. The molecule has 2 rings (SSSR count). The van der Waals surface area contributed by atoms with E-state index in [-0.39, 0.29) is 30.0 Å². The highest BCUT2D eigenvalue weighted by Crippen LogP contribution is 2.25. The Morgan fingerprint density at radius 2 is 2.13 bits per heavy atom. The molecule has 86 valence electrons. The van der Waals surface area contributed by atoms with E-state index in [0.717, 1.165) is 19.6 Å². The van der Waals surface area contributed by atoms with Gasteiger partial charge in [0.25, 0.3) is 0 Å². The van der Waals surface area contributed by atoms with Gasteiger partial charge in [0.1, 0.15) is 5.78 Å². The van der Waals surface area contributed by atoms with Crippen LogP contribution >= 0.6 is 12.4 Å². The number of amides is 1. The fourth-order valence-corrected chi connectivity index (χ4v) is 2.06. The van der Waals surface area contributed by atoms with E-state index >= 15 is 0 Å². The molecule has 1 saturated heterocycles. The van der Waals surface area contributed by atoms with Crippen molar-refractivity contribution in [1.82, 2.24) is 10.2 Å². The van der Waals surface area contributed by atoms with Gasteiger partial charge in [-0.3, -0.25) is 9.59 Å². The van der Waals surface area contributed by atoms with Crippen molar-refractivity contribution in [3.8, 4) is 0 Å². The lowest BCUT2D eigenvalue weighted by molar-refractivity contribution is -0.145. The van der Waals surface area contributed by atoms with E-state index in [4.69, 9.17) is 0 Å². The van der Waals surface area contributed by atoms with E-state index in [1.54, 1.807) is 0 Å². The van der Waals surface area contributed by atoms with Crippen LogP contribution in [-0.2, 0) is 9.59 Å². The summed E-state index contributed by atoms with van der Waals surface area (Å²) >= 11 is 0. The lowest BCUT2D eigenvalue weighted by Crippen LogP contribution is -2.54. The summed E-state index contributed by atoms with van der Waals surface area (Å²) in [5, 5.41) is 3.29. The molecule has 1 atom stereocenters. The molecule has 1 aliphatic heterocycles. The van der Waals surface area contributed by atoms with Gasteiger partial charge in [-0.05, 0) is 6.92 Å². The number of ketones is 1. The Balaban J connectivity index is 0.00000112. The third-order valence-electron chi connectivity index (χ3n) is 2.98. The molecule has 0 spiro atoms. The van der Waals surface area contributed by atoms with Gasteiger partial charge in [0.05, 0.1) is 5.92 Å². The number of halogens is 1. The van der Waals surface area contributed by atoms with Crippen LogP contribution in [0.4, 0.5) is 0 Å². The first-order chi connectivity index (χ1) is 6.66. The van der Waals surface area contributed by atoms with Crippen LogP contribution in [0.5, 0.6) is 0 Å². The van der Waals surface area contributed by atoms with E-state index in [2.05, 4.69) is 12.2 Å². The minimum atomic E-state index is -0.00667. The van der Waals surface area contributed by atoms with Crippen molar-refractivity contribution in [2.24, 2.45) is 5.92 Å². The van der Waals surface area contributed by atoms with Crippen LogP contribution in [0.2, 0.25) is 0 Å². The predicted molar refractivity (Wildman–Crippen MR) is 59.0 cm³/mol. The zero-order valence-corrected chi connectivity index (χ0v) is 9.68. The fraction of sp³-hybridized carbons (Fsp3) is 0.800. The molecule has 0 bridgehead atoms. The summed E-state index contributed by atoms with van der Waals surface area (Å²) in [5.74, 6) is 0.400. The number of Topliss-reactive ketones (excluding diaryl/α,β-unsaturated/α-hetero) is 1. The number of nitrogens with zero attached hydrogens (tertiary/aromatic N) is 1. The third-order valence-corrected chi connectivity index (χ3v) is 2.98. The Morgan fingerprint density at radius 1 is 1.47 bits per heavy atom. The Hall–Kier alpha value is -0.610. The number of carbonyl (C=O) groups is 2. The zero-order valence-electron chi connectivity index (χ0n) is 8.86. The molecule has 1 amide bonds. The van der Waals surface area contributed by atoms with Gasteiger partial charge in [-0.1, -0.05) is 0 Å². The average Bonchev–Trinajstić information content (AvgIpc) is 2.12. The Bertz CT molecular complexity index is 262. The van der Waals surface area contributed by atoms with Crippen molar-refractivity contribution in [2.75, 3.05) is 19.6 Å². The first-order valence-corrected chi connectivity index (χ1v) is 5.20. The molecule has 0 radical (unpaired) electrons. The van der Waals surface area contributed by atoms with Gasteiger partial charge in [0.2, 0.25) is 5.91 Å². The standard InChI is InChI=1S/C10H16N2O2.ClH/c1-7-6-12(3-2-11-7)10(14)8-4-9(13)5-8;/h7-8,11H,2-6H2,1H3;1H/t7-;/m0./s1. The Morgan fingerprint density at radius 3 is 2.67 bits per heavy atom. The van der Waals surface area contributed by atoms with Gasteiger partial charge in [-0.2, -0.15) is 0 Å². The maximum Gasteiger partial charge on any atom is 0.226 e. The van der Waals surface area contributed by atoms with Crippen LogP contribution in [-0.4, -0.2) is 42.3 Å². The van der Waals surface area contributed by atoms with Crippen LogP contribution in [0.1, 0.15) is 19.8 Å². The summed E-state index contributed by atoms with van der Waals surface area (Å²) in [7, 11) is 0. The number of hydrogen-bond donors (Lipinski definition) is 1. The maximum atomic E-state index is 11.8. The number of piperazine rings is 1. The second-order valence-corrected chi connectivity index (χ2v) is 4.28. The third kappa shape index (κ3) is 2.69. The normalized spacial score (nSPS) is 26.9. The smallest absolute Gasteiger partial charge is 0.226 e. The van der Waals surface area contributed by atoms with Gasteiger partial charge in [0.15, 0.2) is 0 Å². The highest BCUT2D eigenvalue weighted by Gasteiger charge is 2.36. The average molecular weight is 233 g/mol. The summed E-state index contributed by atoms with van der Waals surface area (Å²) in [6.45, 7) is 4.51. The largest absolute Gasteiger partial charge is 0.340 e. The minimum Gasteiger partial charge on any atom is -0.340 e. The van der Waals surface area contributed by atoms with Crippen molar-refractivity contribution in [3.63, 3.8) is 0 Å². The second kappa shape index (κ2) is 4.94. The van der Waals surface area contributed by atoms with Crippen LogP contribution < -0.4 is 5.32 Å². The van der Waals surface area contributed by atoms with E-state index in [1.165, 1.54) is 0 Å². The first-order valence-electron chi connectivity index (χ1n) is 5.20. The molecule has 0 aromatic rings. The van der Waals surface area contributed by atoms with Crippen molar-refractivity contribution >= 4 is 24.1 Å². The topological polar surface area (TPSA) is 49.4 Å². The molecule has 0 aromatic heterocycles. The van der Waals surface area contributed by atoms with Gasteiger partial charge in [-0.15, -0.1) is 12.4 Å². The van der Waals surface area contributed by atoms with Gasteiger partial charge < -0.3 is 10.2 Å². The van der Waals surface area contributed by atoms with E-state index in [9.17, 15) is 9.59 Å². The second-order valence-electron chi connectivity index (χ2n) is 4.28. The first kappa shape index (κ1) is 12.5. The van der Waals surface area contributed by atoms with Crippen molar-refractivity contribution in [1.29, 1.82) is 0 Å². The van der Waals surface area contributed by atoms with Gasteiger partial charge >= 0.3 is 0 Å². The fourth-order valence-electron chi connectivity index (χ4n) is 2.06. The monoisotopic (exact) mass is 232 g/mol. The zero-order chi connectivity index (χ0) is 10.1. The summed E-state index contributed by atoms with van der Waals surface area (Å²) in [4.78, 5) is 24.5. The van der Waals surface area contributed by atoms with E-state index in [1.807, 2.05) is 4.90 Å². The molecule has 15 heavy (non-hydrogen) atoms. The highest BCUT2D eigenvalue weighted by atomic mass is 35.5. The number of hydrogen-bond acceptors (Lipinski definition) is 3. The molecule has 1 saturated carbocycles. The van der Waals surface area contributed by atoms with E-state index < -0.39 is 0 Å². The molecule has 4 nitrogen and oxygen atoms in total. The lowest BCUT2D eigenvalue weighted by atomic mass is 9.83. The van der Waals surface area contributed by atoms with Gasteiger partial charge in [0, 0.05) is 38.5 Å². The van der Waals surface area contributed by atoms with Crippen molar-refractivity contribution in [2.45, 2.75) is 25.8 Å². The molecule has 1 N–H and O–H groups in total. The highest BCUT2D eigenvalue weighted by molar-refractivity contribution is 5.96. The Kier molecular flexibility index (Phi) is 4.11. The molecule has 2 fully saturated rings. The van der Waals surface area contributed by atoms with Crippen LogP contribution in [0.3, 0.4) is 0 Å². The Labute approximate surface area is 95.8 Å². The molecule has 1 heterocycles. The number of rotatable bonds is 1. The van der Waals surface area contributed by atoms with Crippen LogP contribution in [0, 0.1) is 5.92 Å². The van der Waals surface area contributed by atoms with Crippen molar-refractivity contribution in [3.05, 3.63) is 0 Å². The lowest BCUT2D eigenvalue weighted by Gasteiger charge is -2.36. The summed E-state index contributed by atoms with van der Waals surface area (Å²) in [6, 6.07) is 0.378. The molecule has 5 heteroatoms. The quantitative estimate of drug-likeness (QED) is 0.703. The summed E-state index contributed by atoms with van der Waals surface area (Å²) in [5.41, 5.74) is 0. The van der Waals surface area contributed by atoms with E-state index in [0.29, 0.717) is 18.9 Å². The maximum absolute atomic E-state index is 11.8. The summed E-state index contributed by atoms with van der Waals surface area (Å²) in [6.07, 6.45) is 0.939. The number of nitrogens with one attached hydrogen (secondary N) is 1. The summed E-state index contributed by atoms with van der Waals surface area (Å²) < 4.78 is 0. The van der Waals surface area contributed by atoms with Crippen molar-refractivity contribution < 1.29 is 9.59 Å². The number of carbonyl (C=O) groups excluding carboxylic acids is 2. The molecule has 0 aromatic carbocycles. The minimum absolute atomic E-state index is 0. The molecule has 1 aliphatic carbocycles. The molecule has 0 unspecified atom stereocenters. The van der Waals surface area contributed by atoms with Gasteiger partial charge in [-0.25, -0.2) is 0 Å². The predicted octanol–water partition coefficient (Wildman–Crippen LogP) is 0.208.